The smallest absolute Gasteiger partial charge is 0.0456 e. The first kappa shape index (κ1) is 12.7. The van der Waals surface area contributed by atoms with Crippen LogP contribution in [-0.2, 0) is 6.42 Å². The molecule has 0 bridgehead atoms. The van der Waals surface area contributed by atoms with Crippen molar-refractivity contribution in [3.63, 3.8) is 0 Å². The Morgan fingerprint density at radius 1 is 1.26 bits per heavy atom. The van der Waals surface area contributed by atoms with Gasteiger partial charge in [-0.15, -0.1) is 0 Å². The zero-order chi connectivity index (χ0) is 13.1. The lowest BCUT2D eigenvalue weighted by Crippen LogP contribution is -2.34. The first-order chi connectivity index (χ1) is 9.33. The van der Waals surface area contributed by atoms with E-state index < -0.39 is 0 Å². The highest BCUT2D eigenvalue weighted by Crippen LogP contribution is 2.23. The van der Waals surface area contributed by atoms with E-state index in [2.05, 4.69) is 47.7 Å². The van der Waals surface area contributed by atoms with Crippen molar-refractivity contribution in [3.8, 4) is 0 Å². The van der Waals surface area contributed by atoms with E-state index >= 15 is 0 Å². The van der Waals surface area contributed by atoms with E-state index in [1.807, 2.05) is 0 Å². The van der Waals surface area contributed by atoms with Gasteiger partial charge in [-0.25, -0.2) is 0 Å². The minimum absolute atomic E-state index is 0.744. The van der Waals surface area contributed by atoms with Gasteiger partial charge in [0.2, 0.25) is 0 Å². The standard InChI is InChI=1S/C17H24N2/c1-13-5-4-6-15(11-13)18-10-9-14-12-19-17-8-3-2-7-16(14)17/h2-3,7-8,12-13,15,18-19H,4-6,9-11H2,1H3/t13-,15+/m1/s1. The molecule has 0 unspecified atom stereocenters. The number of rotatable bonds is 4. The Kier molecular flexibility index (Phi) is 3.88. The molecule has 102 valence electrons. The molecule has 0 aliphatic heterocycles. The summed E-state index contributed by atoms with van der Waals surface area (Å²) in [6.45, 7) is 3.48. The predicted molar refractivity (Wildman–Crippen MR) is 81.4 cm³/mol. The molecule has 0 radical (unpaired) electrons. The molecule has 1 fully saturated rings. The molecule has 0 saturated heterocycles. The van der Waals surface area contributed by atoms with Gasteiger partial charge in [-0.05, 0) is 43.4 Å². The molecule has 2 heteroatoms. The Morgan fingerprint density at radius 2 is 2.16 bits per heavy atom. The van der Waals surface area contributed by atoms with Crippen molar-refractivity contribution in [2.24, 2.45) is 5.92 Å². The van der Waals surface area contributed by atoms with Gasteiger partial charge in [-0.2, -0.15) is 0 Å². The minimum Gasteiger partial charge on any atom is -0.361 e. The van der Waals surface area contributed by atoms with E-state index in [0.29, 0.717) is 0 Å². The van der Waals surface area contributed by atoms with Gasteiger partial charge < -0.3 is 10.3 Å². The highest BCUT2D eigenvalue weighted by molar-refractivity contribution is 5.83. The summed E-state index contributed by atoms with van der Waals surface area (Å²) in [5, 5.41) is 5.12. The Labute approximate surface area is 115 Å². The molecule has 19 heavy (non-hydrogen) atoms. The van der Waals surface area contributed by atoms with Crippen molar-refractivity contribution in [1.29, 1.82) is 0 Å². The summed E-state index contributed by atoms with van der Waals surface area (Å²) in [5.74, 6) is 0.902. The van der Waals surface area contributed by atoms with Crippen LogP contribution in [0.15, 0.2) is 30.5 Å². The second-order valence-electron chi connectivity index (χ2n) is 6.03. The third-order valence-electron chi connectivity index (χ3n) is 4.44. The normalized spacial score (nSPS) is 23.8. The van der Waals surface area contributed by atoms with Crippen LogP contribution in [0.1, 0.15) is 38.2 Å². The van der Waals surface area contributed by atoms with E-state index in [1.54, 1.807) is 0 Å². The molecular weight excluding hydrogens is 232 g/mol. The van der Waals surface area contributed by atoms with E-state index in [0.717, 1.165) is 24.9 Å². The van der Waals surface area contributed by atoms with Crippen LogP contribution >= 0.6 is 0 Å². The number of hydrogen-bond donors (Lipinski definition) is 2. The fraction of sp³-hybridized carbons (Fsp3) is 0.529. The van der Waals surface area contributed by atoms with Crippen molar-refractivity contribution in [2.75, 3.05) is 6.54 Å². The average molecular weight is 256 g/mol. The highest BCUT2D eigenvalue weighted by Gasteiger charge is 2.17. The molecule has 1 aromatic heterocycles. The molecule has 1 aliphatic rings. The van der Waals surface area contributed by atoms with Crippen LogP contribution in [0, 0.1) is 5.92 Å². The zero-order valence-corrected chi connectivity index (χ0v) is 11.8. The van der Waals surface area contributed by atoms with Gasteiger partial charge >= 0.3 is 0 Å². The van der Waals surface area contributed by atoms with Crippen molar-refractivity contribution in [1.82, 2.24) is 10.3 Å². The second kappa shape index (κ2) is 5.79. The molecule has 0 spiro atoms. The molecule has 1 saturated carbocycles. The topological polar surface area (TPSA) is 27.8 Å². The lowest BCUT2D eigenvalue weighted by Gasteiger charge is -2.27. The van der Waals surface area contributed by atoms with E-state index in [1.165, 1.54) is 42.1 Å². The van der Waals surface area contributed by atoms with Crippen LogP contribution in [0.3, 0.4) is 0 Å². The number of aromatic amines is 1. The molecule has 1 aliphatic carbocycles. The largest absolute Gasteiger partial charge is 0.361 e. The Hall–Kier alpha value is -1.28. The van der Waals surface area contributed by atoms with Gasteiger partial charge in [-0.3, -0.25) is 0 Å². The lowest BCUT2D eigenvalue weighted by atomic mass is 9.87. The second-order valence-corrected chi connectivity index (χ2v) is 6.03. The first-order valence-corrected chi connectivity index (χ1v) is 7.61. The van der Waals surface area contributed by atoms with Crippen molar-refractivity contribution in [3.05, 3.63) is 36.0 Å². The van der Waals surface area contributed by atoms with Crippen molar-refractivity contribution >= 4 is 10.9 Å². The number of aromatic nitrogens is 1. The van der Waals surface area contributed by atoms with Gasteiger partial charge in [-0.1, -0.05) is 38.0 Å². The molecule has 1 aromatic carbocycles. The zero-order valence-electron chi connectivity index (χ0n) is 11.8. The maximum Gasteiger partial charge on any atom is 0.0456 e. The maximum atomic E-state index is 3.74. The third-order valence-corrected chi connectivity index (χ3v) is 4.44. The summed E-state index contributed by atoms with van der Waals surface area (Å²) in [6.07, 6.45) is 8.81. The Morgan fingerprint density at radius 3 is 3.05 bits per heavy atom. The summed E-state index contributed by atoms with van der Waals surface area (Å²) in [7, 11) is 0. The Balaban J connectivity index is 1.55. The Bertz CT molecular complexity index is 529. The first-order valence-electron chi connectivity index (χ1n) is 7.61. The molecule has 2 atom stereocenters. The minimum atomic E-state index is 0.744. The molecule has 3 rings (SSSR count). The van der Waals surface area contributed by atoms with Crippen LogP contribution in [0.2, 0.25) is 0 Å². The molecular formula is C17H24N2. The van der Waals surface area contributed by atoms with Crippen LogP contribution < -0.4 is 5.32 Å². The third kappa shape index (κ3) is 3.01. The molecule has 2 nitrogen and oxygen atoms in total. The number of hydrogen-bond acceptors (Lipinski definition) is 1. The van der Waals surface area contributed by atoms with Gasteiger partial charge in [0.1, 0.15) is 0 Å². The predicted octanol–water partition coefficient (Wildman–Crippen LogP) is 3.88. The fourth-order valence-corrected chi connectivity index (χ4v) is 3.37. The summed E-state index contributed by atoms with van der Waals surface area (Å²) in [5.41, 5.74) is 2.69. The summed E-state index contributed by atoms with van der Waals surface area (Å²) in [6, 6.07) is 9.31. The summed E-state index contributed by atoms with van der Waals surface area (Å²) >= 11 is 0. The molecule has 2 aromatic rings. The van der Waals surface area contributed by atoms with Gasteiger partial charge in [0.05, 0.1) is 0 Å². The van der Waals surface area contributed by atoms with Crippen LogP contribution in [0.25, 0.3) is 10.9 Å². The number of benzene rings is 1. The van der Waals surface area contributed by atoms with E-state index in [9.17, 15) is 0 Å². The van der Waals surface area contributed by atoms with Crippen LogP contribution in [0.5, 0.6) is 0 Å². The summed E-state index contributed by atoms with van der Waals surface area (Å²) < 4.78 is 0. The van der Waals surface area contributed by atoms with E-state index in [4.69, 9.17) is 0 Å². The molecule has 2 N–H and O–H groups in total. The average Bonchev–Trinajstić information content (AvgIpc) is 2.83. The number of H-pyrrole nitrogens is 1. The fourth-order valence-electron chi connectivity index (χ4n) is 3.37. The van der Waals surface area contributed by atoms with Crippen molar-refractivity contribution < 1.29 is 0 Å². The van der Waals surface area contributed by atoms with Crippen molar-refractivity contribution in [2.45, 2.75) is 45.1 Å². The number of nitrogens with one attached hydrogen (secondary N) is 2. The lowest BCUT2D eigenvalue weighted by molar-refractivity contribution is 0.303. The SMILES string of the molecule is C[C@@H]1CCC[C@H](NCCc2c[nH]c3ccccc23)C1. The number of para-hydroxylation sites is 1. The van der Waals surface area contributed by atoms with Crippen LogP contribution in [-0.4, -0.2) is 17.6 Å². The number of fused-ring (bicyclic) bond motifs is 1. The van der Waals surface area contributed by atoms with Crippen LogP contribution in [0.4, 0.5) is 0 Å². The van der Waals surface area contributed by atoms with E-state index in [-0.39, 0.29) is 0 Å². The summed E-state index contributed by atoms with van der Waals surface area (Å²) in [4.78, 5) is 3.36. The molecule has 0 amide bonds. The van der Waals surface area contributed by atoms with Gasteiger partial charge in [0.25, 0.3) is 0 Å². The quantitative estimate of drug-likeness (QED) is 0.853. The maximum absolute atomic E-state index is 3.74. The van der Waals surface area contributed by atoms with Gasteiger partial charge in [0, 0.05) is 23.1 Å². The van der Waals surface area contributed by atoms with Gasteiger partial charge in [0.15, 0.2) is 0 Å². The molecule has 1 heterocycles. The monoisotopic (exact) mass is 256 g/mol. The highest BCUT2D eigenvalue weighted by atomic mass is 14.9.